The molecule has 0 amide bonds. The predicted molar refractivity (Wildman–Crippen MR) is 66.2 cm³/mol. The normalized spacial score (nSPS) is 12.9. The van der Waals surface area contributed by atoms with Crippen LogP contribution in [-0.4, -0.2) is 27.3 Å². The van der Waals surface area contributed by atoms with E-state index < -0.39 is 12.7 Å². The average Bonchev–Trinajstić information content (AvgIpc) is 2.67. The van der Waals surface area contributed by atoms with Crippen LogP contribution in [0.1, 0.15) is 26.5 Å². The van der Waals surface area contributed by atoms with Crippen LogP contribution >= 0.6 is 0 Å². The van der Waals surface area contributed by atoms with Gasteiger partial charge in [0.1, 0.15) is 12.4 Å². The number of imidazole rings is 1. The average molecular weight is 272 g/mol. The number of hydrogen-bond donors (Lipinski definition) is 1. The van der Waals surface area contributed by atoms with Gasteiger partial charge in [-0.15, -0.1) is 5.10 Å². The van der Waals surface area contributed by atoms with Gasteiger partial charge in [0.15, 0.2) is 5.65 Å². The van der Waals surface area contributed by atoms with E-state index in [0.29, 0.717) is 5.65 Å². The quantitative estimate of drug-likeness (QED) is 0.913. The van der Waals surface area contributed by atoms with Crippen LogP contribution in [0.3, 0.4) is 0 Å². The van der Waals surface area contributed by atoms with Crippen LogP contribution in [0.2, 0.25) is 0 Å². The zero-order chi connectivity index (χ0) is 14.3. The highest BCUT2D eigenvalue weighted by molar-refractivity contribution is 5.45. The van der Waals surface area contributed by atoms with E-state index in [2.05, 4.69) is 15.4 Å². The third-order valence-electron chi connectivity index (χ3n) is 2.56. The largest absolute Gasteiger partial charge is 0.405 e. The molecular formula is C12H15F3N4. The first-order chi connectivity index (χ1) is 8.65. The van der Waals surface area contributed by atoms with E-state index in [1.165, 1.54) is 10.6 Å². The van der Waals surface area contributed by atoms with E-state index in [-0.39, 0.29) is 11.2 Å². The molecule has 104 valence electrons. The Labute approximate surface area is 108 Å². The van der Waals surface area contributed by atoms with Gasteiger partial charge in [-0.1, -0.05) is 20.8 Å². The van der Waals surface area contributed by atoms with Gasteiger partial charge in [-0.05, 0) is 12.1 Å². The molecule has 0 aliphatic carbocycles. The Morgan fingerprint density at radius 2 is 1.89 bits per heavy atom. The number of anilines is 1. The molecule has 0 atom stereocenters. The summed E-state index contributed by atoms with van der Waals surface area (Å²) in [4.78, 5) is 4.38. The van der Waals surface area contributed by atoms with Crippen LogP contribution in [-0.2, 0) is 5.41 Å². The van der Waals surface area contributed by atoms with Crippen LogP contribution in [0.4, 0.5) is 19.0 Å². The maximum absolute atomic E-state index is 12.1. The summed E-state index contributed by atoms with van der Waals surface area (Å²) in [5.41, 5.74) is 1.32. The van der Waals surface area contributed by atoms with Crippen LogP contribution in [0.5, 0.6) is 0 Å². The maximum atomic E-state index is 12.1. The fourth-order valence-corrected chi connectivity index (χ4v) is 1.53. The van der Waals surface area contributed by atoms with Gasteiger partial charge in [0.2, 0.25) is 0 Å². The van der Waals surface area contributed by atoms with Crippen molar-refractivity contribution in [3.63, 3.8) is 0 Å². The molecule has 0 bridgehead atoms. The summed E-state index contributed by atoms with van der Waals surface area (Å²) >= 11 is 0. The fourth-order valence-electron chi connectivity index (χ4n) is 1.53. The maximum Gasteiger partial charge on any atom is 0.405 e. The summed E-state index contributed by atoms with van der Waals surface area (Å²) in [6.45, 7) is 4.93. The third-order valence-corrected chi connectivity index (χ3v) is 2.56. The molecule has 7 heteroatoms. The fraction of sp³-hybridized carbons (Fsp3) is 0.500. The molecule has 1 N–H and O–H groups in total. The SMILES string of the molecule is CC(C)(C)c1cn2nc(NCC(F)(F)F)ccc2n1. The topological polar surface area (TPSA) is 42.2 Å². The lowest BCUT2D eigenvalue weighted by molar-refractivity contribution is -0.115. The minimum atomic E-state index is -4.26. The Bertz CT molecular complexity index is 581. The van der Waals surface area contributed by atoms with Gasteiger partial charge in [0.05, 0.1) is 11.9 Å². The first-order valence-electron chi connectivity index (χ1n) is 5.83. The van der Waals surface area contributed by atoms with Crippen LogP contribution in [0.25, 0.3) is 5.65 Å². The Hall–Kier alpha value is -1.79. The molecule has 0 aromatic carbocycles. The van der Waals surface area contributed by atoms with Gasteiger partial charge in [0.25, 0.3) is 0 Å². The molecule has 0 saturated carbocycles. The Morgan fingerprint density at radius 3 is 2.47 bits per heavy atom. The Kier molecular flexibility index (Phi) is 3.15. The molecule has 0 aliphatic rings. The van der Waals surface area contributed by atoms with E-state index in [1.54, 1.807) is 12.3 Å². The molecule has 0 radical (unpaired) electrons. The van der Waals surface area contributed by atoms with E-state index in [1.807, 2.05) is 20.8 Å². The molecule has 0 spiro atoms. The number of hydrogen-bond acceptors (Lipinski definition) is 3. The van der Waals surface area contributed by atoms with Crippen molar-refractivity contribution in [2.24, 2.45) is 0 Å². The highest BCUT2D eigenvalue weighted by Gasteiger charge is 2.27. The highest BCUT2D eigenvalue weighted by atomic mass is 19.4. The van der Waals surface area contributed by atoms with Crippen molar-refractivity contribution in [2.45, 2.75) is 32.4 Å². The lowest BCUT2D eigenvalue weighted by Crippen LogP contribution is -2.22. The minimum Gasteiger partial charge on any atom is -0.360 e. The van der Waals surface area contributed by atoms with Crippen molar-refractivity contribution < 1.29 is 13.2 Å². The number of nitrogens with zero attached hydrogens (tertiary/aromatic N) is 3. The number of rotatable bonds is 2. The monoisotopic (exact) mass is 272 g/mol. The van der Waals surface area contributed by atoms with Crippen molar-refractivity contribution in [1.29, 1.82) is 0 Å². The van der Waals surface area contributed by atoms with Crippen LogP contribution < -0.4 is 5.32 Å². The molecule has 2 aromatic rings. The molecular weight excluding hydrogens is 257 g/mol. The molecule has 0 unspecified atom stereocenters. The van der Waals surface area contributed by atoms with Gasteiger partial charge < -0.3 is 5.32 Å². The van der Waals surface area contributed by atoms with Crippen molar-refractivity contribution in [3.8, 4) is 0 Å². The van der Waals surface area contributed by atoms with E-state index in [0.717, 1.165) is 5.69 Å². The van der Waals surface area contributed by atoms with Gasteiger partial charge in [-0.2, -0.15) is 13.2 Å². The number of aromatic nitrogens is 3. The second kappa shape index (κ2) is 4.40. The van der Waals surface area contributed by atoms with Crippen molar-refractivity contribution in [3.05, 3.63) is 24.0 Å². The summed E-state index contributed by atoms with van der Waals surface area (Å²) in [5, 5.41) is 6.30. The van der Waals surface area contributed by atoms with E-state index in [4.69, 9.17) is 0 Å². The standard InChI is InChI=1S/C12H15F3N4/c1-11(2,3)8-6-19-10(17-8)5-4-9(18-19)16-7-12(13,14)15/h4-6H,7H2,1-3H3,(H,16,18). The number of alkyl halides is 3. The zero-order valence-corrected chi connectivity index (χ0v) is 10.9. The third kappa shape index (κ3) is 3.36. The predicted octanol–water partition coefficient (Wildman–Crippen LogP) is 3.00. The summed E-state index contributed by atoms with van der Waals surface area (Å²) in [6.07, 6.45) is -2.53. The summed E-state index contributed by atoms with van der Waals surface area (Å²) < 4.78 is 37.8. The molecule has 2 heterocycles. The number of fused-ring (bicyclic) bond motifs is 1. The first-order valence-corrected chi connectivity index (χ1v) is 5.83. The van der Waals surface area contributed by atoms with Crippen molar-refractivity contribution in [2.75, 3.05) is 11.9 Å². The Balaban J connectivity index is 2.26. The first kappa shape index (κ1) is 13.6. The highest BCUT2D eigenvalue weighted by Crippen LogP contribution is 2.22. The van der Waals surface area contributed by atoms with Gasteiger partial charge in [0, 0.05) is 5.41 Å². The molecule has 19 heavy (non-hydrogen) atoms. The zero-order valence-electron chi connectivity index (χ0n) is 10.9. The van der Waals surface area contributed by atoms with Crippen LogP contribution in [0.15, 0.2) is 18.3 Å². The van der Waals surface area contributed by atoms with Crippen molar-refractivity contribution in [1.82, 2.24) is 14.6 Å². The smallest absolute Gasteiger partial charge is 0.360 e. The molecule has 0 aliphatic heterocycles. The van der Waals surface area contributed by atoms with Gasteiger partial charge in [-0.25, -0.2) is 9.50 Å². The number of nitrogens with one attached hydrogen (secondary N) is 1. The van der Waals surface area contributed by atoms with Crippen molar-refractivity contribution >= 4 is 11.5 Å². The summed E-state index contributed by atoms with van der Waals surface area (Å²) in [5.74, 6) is 0.169. The van der Waals surface area contributed by atoms with E-state index >= 15 is 0 Å². The van der Waals surface area contributed by atoms with Crippen LogP contribution in [0, 0.1) is 0 Å². The summed E-state index contributed by atoms with van der Waals surface area (Å²) in [6, 6.07) is 3.13. The minimum absolute atomic E-state index is 0.132. The molecule has 0 saturated heterocycles. The summed E-state index contributed by atoms with van der Waals surface area (Å²) in [7, 11) is 0. The van der Waals surface area contributed by atoms with Gasteiger partial charge in [-0.3, -0.25) is 0 Å². The molecule has 0 fully saturated rings. The number of halogens is 3. The second-order valence-electron chi connectivity index (χ2n) is 5.37. The molecule has 2 rings (SSSR count). The lowest BCUT2D eigenvalue weighted by Gasteiger charge is -2.13. The molecule has 2 aromatic heterocycles. The second-order valence-corrected chi connectivity index (χ2v) is 5.37. The van der Waals surface area contributed by atoms with E-state index in [9.17, 15) is 13.2 Å². The Morgan fingerprint density at radius 1 is 1.21 bits per heavy atom. The lowest BCUT2D eigenvalue weighted by atomic mass is 9.93. The van der Waals surface area contributed by atoms with Gasteiger partial charge >= 0.3 is 6.18 Å². The molecule has 4 nitrogen and oxygen atoms in total.